The van der Waals surface area contributed by atoms with Crippen molar-refractivity contribution >= 4 is 5.97 Å². The van der Waals surface area contributed by atoms with Crippen LogP contribution in [0.15, 0.2) is 24.3 Å². The minimum atomic E-state index is -1.54. The van der Waals surface area contributed by atoms with Crippen molar-refractivity contribution in [3.8, 4) is 0 Å². The molecular weight excluding hydrogens is 733 g/mol. The van der Waals surface area contributed by atoms with Crippen LogP contribution in [0.4, 0.5) is 0 Å². The van der Waals surface area contributed by atoms with Gasteiger partial charge >= 0.3 is 5.97 Å². The third-order valence-corrected chi connectivity index (χ3v) is 11.4. The van der Waals surface area contributed by atoms with Crippen LogP contribution in [0.25, 0.3) is 0 Å². The van der Waals surface area contributed by atoms with E-state index in [2.05, 4.69) is 38.2 Å². The molecule has 9 heteroatoms. The topological polar surface area (TPSA) is 135 Å². The molecular formula is C49H92O9. The molecule has 58 heavy (non-hydrogen) atoms. The number of hydrogen-bond acceptors (Lipinski definition) is 9. The van der Waals surface area contributed by atoms with Gasteiger partial charge < -0.3 is 39.4 Å². The van der Waals surface area contributed by atoms with Crippen molar-refractivity contribution in [2.45, 2.75) is 256 Å². The van der Waals surface area contributed by atoms with Crippen molar-refractivity contribution in [2.24, 2.45) is 0 Å². The lowest BCUT2D eigenvalue weighted by Crippen LogP contribution is -2.59. The maximum atomic E-state index is 12.8. The predicted molar refractivity (Wildman–Crippen MR) is 238 cm³/mol. The number of ether oxygens (including phenoxy) is 4. The zero-order valence-corrected chi connectivity index (χ0v) is 37.6. The highest BCUT2D eigenvalue weighted by molar-refractivity contribution is 5.69. The first-order chi connectivity index (χ1) is 28.4. The molecule has 0 spiro atoms. The van der Waals surface area contributed by atoms with Gasteiger partial charge in [0.1, 0.15) is 30.5 Å². The molecule has 342 valence electrons. The number of allylic oxidation sites excluding steroid dienone is 4. The van der Waals surface area contributed by atoms with E-state index in [-0.39, 0.29) is 19.2 Å². The van der Waals surface area contributed by atoms with Crippen LogP contribution in [0.2, 0.25) is 0 Å². The highest BCUT2D eigenvalue weighted by Gasteiger charge is 2.44. The second-order valence-corrected chi connectivity index (χ2v) is 16.9. The SMILES string of the molecule is CCCC/C=C\C/C=C\CCCCCCCCOCC(COC1OC(CO)C(O)C(O)C1O)OC(=O)CCCCCCCCCCCCCCCCCCCCCC. The van der Waals surface area contributed by atoms with Gasteiger partial charge in [0, 0.05) is 13.0 Å². The van der Waals surface area contributed by atoms with Crippen molar-refractivity contribution in [2.75, 3.05) is 26.4 Å². The Morgan fingerprint density at radius 1 is 0.552 bits per heavy atom. The summed E-state index contributed by atoms with van der Waals surface area (Å²) >= 11 is 0. The van der Waals surface area contributed by atoms with Crippen LogP contribution in [-0.2, 0) is 23.7 Å². The van der Waals surface area contributed by atoms with E-state index in [0.29, 0.717) is 13.0 Å². The largest absolute Gasteiger partial charge is 0.457 e. The number of hydrogen-bond donors (Lipinski definition) is 4. The Morgan fingerprint density at radius 3 is 1.53 bits per heavy atom. The van der Waals surface area contributed by atoms with E-state index in [9.17, 15) is 25.2 Å². The van der Waals surface area contributed by atoms with Gasteiger partial charge in [-0.15, -0.1) is 0 Å². The minimum absolute atomic E-state index is 0.114. The number of carbonyl (C=O) groups is 1. The third-order valence-electron chi connectivity index (χ3n) is 11.4. The maximum absolute atomic E-state index is 12.8. The first kappa shape index (κ1) is 54.7. The van der Waals surface area contributed by atoms with Crippen molar-refractivity contribution in [3.63, 3.8) is 0 Å². The molecule has 4 N–H and O–H groups in total. The summed E-state index contributed by atoms with van der Waals surface area (Å²) in [5.41, 5.74) is 0. The van der Waals surface area contributed by atoms with E-state index >= 15 is 0 Å². The zero-order valence-electron chi connectivity index (χ0n) is 37.6. The number of aliphatic hydroxyl groups is 4. The molecule has 1 fully saturated rings. The van der Waals surface area contributed by atoms with Crippen LogP contribution < -0.4 is 0 Å². The van der Waals surface area contributed by atoms with E-state index in [0.717, 1.165) is 51.4 Å². The Morgan fingerprint density at radius 2 is 1.02 bits per heavy atom. The predicted octanol–water partition coefficient (Wildman–Crippen LogP) is 11.4. The normalized spacial score (nSPS) is 20.4. The quantitative estimate of drug-likeness (QED) is 0.0269. The van der Waals surface area contributed by atoms with Crippen molar-refractivity contribution < 1.29 is 44.2 Å². The Bertz CT molecular complexity index is 941. The number of rotatable bonds is 42. The van der Waals surface area contributed by atoms with Crippen molar-refractivity contribution in [1.29, 1.82) is 0 Å². The summed E-state index contributed by atoms with van der Waals surface area (Å²) in [6.07, 6.45) is 40.6. The summed E-state index contributed by atoms with van der Waals surface area (Å²) in [6.45, 7) is 4.53. The van der Waals surface area contributed by atoms with Gasteiger partial charge in [0.2, 0.25) is 0 Å². The molecule has 6 unspecified atom stereocenters. The minimum Gasteiger partial charge on any atom is -0.457 e. The van der Waals surface area contributed by atoms with Crippen LogP contribution in [0.3, 0.4) is 0 Å². The molecule has 0 aromatic rings. The highest BCUT2D eigenvalue weighted by Crippen LogP contribution is 2.23. The molecule has 1 aliphatic rings. The molecule has 6 atom stereocenters. The summed E-state index contributed by atoms with van der Waals surface area (Å²) in [4.78, 5) is 12.8. The second-order valence-electron chi connectivity index (χ2n) is 16.9. The van der Waals surface area contributed by atoms with Gasteiger partial charge in [-0.1, -0.05) is 199 Å². The lowest BCUT2D eigenvalue weighted by molar-refractivity contribution is -0.305. The van der Waals surface area contributed by atoms with E-state index in [4.69, 9.17) is 18.9 Å². The van der Waals surface area contributed by atoms with Gasteiger partial charge in [0.15, 0.2) is 6.29 Å². The van der Waals surface area contributed by atoms with Gasteiger partial charge in [-0.3, -0.25) is 4.79 Å². The molecule has 0 aliphatic carbocycles. The van der Waals surface area contributed by atoms with Crippen LogP contribution in [0.5, 0.6) is 0 Å². The van der Waals surface area contributed by atoms with Crippen molar-refractivity contribution in [1.82, 2.24) is 0 Å². The molecule has 0 aromatic heterocycles. The van der Waals surface area contributed by atoms with Crippen LogP contribution in [0.1, 0.15) is 219 Å². The monoisotopic (exact) mass is 825 g/mol. The fourth-order valence-corrected chi connectivity index (χ4v) is 7.51. The van der Waals surface area contributed by atoms with E-state index < -0.39 is 43.4 Å². The maximum Gasteiger partial charge on any atom is 0.306 e. The molecule has 1 saturated heterocycles. The van der Waals surface area contributed by atoms with E-state index in [1.54, 1.807) is 0 Å². The molecule has 0 radical (unpaired) electrons. The Hall–Kier alpha value is -1.33. The molecule has 1 rings (SSSR count). The molecule has 0 saturated carbocycles. The summed E-state index contributed by atoms with van der Waals surface area (Å²) in [5.74, 6) is -0.313. The van der Waals surface area contributed by atoms with Crippen molar-refractivity contribution in [3.05, 3.63) is 24.3 Å². The lowest BCUT2D eigenvalue weighted by Gasteiger charge is -2.39. The van der Waals surface area contributed by atoms with E-state index in [1.807, 2.05) is 0 Å². The van der Waals surface area contributed by atoms with Gasteiger partial charge in [-0.05, 0) is 38.5 Å². The summed E-state index contributed by atoms with van der Waals surface area (Å²) in [5, 5.41) is 40.2. The fraction of sp³-hybridized carbons (Fsp3) is 0.898. The van der Waals surface area contributed by atoms with Gasteiger partial charge in [0.05, 0.1) is 19.8 Å². The average Bonchev–Trinajstić information content (AvgIpc) is 3.22. The molecule has 1 heterocycles. The molecule has 0 amide bonds. The number of esters is 1. The molecule has 0 bridgehead atoms. The Kier molecular flexibility index (Phi) is 38.7. The Labute approximate surface area is 356 Å². The summed E-state index contributed by atoms with van der Waals surface area (Å²) < 4.78 is 22.9. The number of carbonyl (C=O) groups excluding carboxylic acids is 1. The van der Waals surface area contributed by atoms with Gasteiger partial charge in [-0.25, -0.2) is 0 Å². The fourth-order valence-electron chi connectivity index (χ4n) is 7.51. The highest BCUT2D eigenvalue weighted by atomic mass is 16.7. The first-order valence-electron chi connectivity index (χ1n) is 24.4. The van der Waals surface area contributed by atoms with Crippen LogP contribution >= 0.6 is 0 Å². The molecule has 0 aromatic carbocycles. The lowest BCUT2D eigenvalue weighted by atomic mass is 9.99. The summed E-state index contributed by atoms with van der Waals surface area (Å²) in [6, 6.07) is 0. The third kappa shape index (κ3) is 31.5. The summed E-state index contributed by atoms with van der Waals surface area (Å²) in [7, 11) is 0. The van der Waals surface area contributed by atoms with Crippen LogP contribution in [-0.4, -0.2) is 89.6 Å². The van der Waals surface area contributed by atoms with Crippen LogP contribution in [0, 0.1) is 0 Å². The molecule has 1 aliphatic heterocycles. The first-order valence-corrected chi connectivity index (χ1v) is 24.4. The standard InChI is InChI=1S/C49H92O9/c1-3-5-7-9-11-13-15-17-19-20-21-22-23-24-26-28-30-32-34-36-38-45(51)57-43(42-56-49-48(54)47(53)46(52)44(40-50)58-49)41-55-39-37-35-33-31-29-27-25-18-16-14-12-10-8-6-4-2/h10,12,16,18,43-44,46-50,52-54H,3-9,11,13-15,17,19-42H2,1-2H3/b12-10-,18-16-. The molecule has 9 nitrogen and oxygen atoms in total. The number of unbranched alkanes of at least 4 members (excludes halogenated alkanes) is 27. The van der Waals surface area contributed by atoms with Gasteiger partial charge in [-0.2, -0.15) is 0 Å². The van der Waals surface area contributed by atoms with E-state index in [1.165, 1.54) is 148 Å². The Balaban J connectivity index is 2.21. The average molecular weight is 825 g/mol. The zero-order chi connectivity index (χ0) is 42.2. The van der Waals surface area contributed by atoms with Gasteiger partial charge in [0.25, 0.3) is 0 Å². The second kappa shape index (κ2) is 41.0. The smallest absolute Gasteiger partial charge is 0.306 e. The number of aliphatic hydroxyl groups excluding tert-OH is 4.